The van der Waals surface area contributed by atoms with Gasteiger partial charge in [0.25, 0.3) is 5.91 Å². The van der Waals surface area contributed by atoms with Crippen molar-refractivity contribution in [2.45, 2.75) is 25.6 Å². The van der Waals surface area contributed by atoms with E-state index in [4.69, 9.17) is 0 Å². The maximum absolute atomic E-state index is 12.9. The van der Waals surface area contributed by atoms with Crippen molar-refractivity contribution in [3.63, 3.8) is 0 Å². The van der Waals surface area contributed by atoms with Crippen molar-refractivity contribution in [3.05, 3.63) is 48.0 Å². The van der Waals surface area contributed by atoms with E-state index < -0.39 is 21.9 Å². The van der Waals surface area contributed by atoms with Crippen LogP contribution in [0.1, 0.15) is 16.1 Å². The highest BCUT2D eigenvalue weighted by atomic mass is 32.2. The number of carbonyl (C=O) groups is 2. The average molecular weight is 403 g/mol. The second-order valence-corrected chi connectivity index (χ2v) is 9.38. The van der Waals surface area contributed by atoms with E-state index in [1.807, 2.05) is 6.92 Å². The molecule has 0 aliphatic carbocycles. The third-order valence-electron chi connectivity index (χ3n) is 5.20. The number of hydrogen-bond acceptors (Lipinski definition) is 6. The van der Waals surface area contributed by atoms with E-state index in [1.54, 1.807) is 45.1 Å². The zero-order valence-electron chi connectivity index (χ0n) is 15.4. The minimum Gasteiger partial charge on any atom is -0.333 e. The number of piperazine rings is 1. The van der Waals surface area contributed by atoms with Crippen LogP contribution in [0.5, 0.6) is 0 Å². The van der Waals surface area contributed by atoms with Gasteiger partial charge in [-0.2, -0.15) is 5.10 Å². The summed E-state index contributed by atoms with van der Waals surface area (Å²) in [6.45, 7) is 2.49. The number of aryl methyl sites for hydroxylation is 1. The van der Waals surface area contributed by atoms with Crippen LogP contribution >= 0.6 is 0 Å². The third kappa shape index (κ3) is 3.51. The number of nitrogens with zero attached hydrogens (tertiary/aromatic N) is 5. The molecule has 2 fully saturated rings. The Balaban J connectivity index is 1.57. The number of amides is 2. The molecule has 148 valence electrons. The smallest absolute Gasteiger partial charge is 0.272 e. The lowest BCUT2D eigenvalue weighted by molar-refractivity contribution is -0.137. The fraction of sp³-hybridized carbons (Fsp3) is 0.444. The molecule has 0 aromatic carbocycles. The molecule has 2 atom stereocenters. The Morgan fingerprint density at radius 3 is 2.50 bits per heavy atom. The molecule has 0 radical (unpaired) electrons. The topological polar surface area (TPSA) is 105 Å². The standard InChI is InChI=1S/C18H21N5O4S/c1-13-8-20-21(9-13)10-17(24)22-6-7-23(16-12-28(26,27)11-15(16)22)18(25)14-4-2-3-5-19-14/h2-5,8-9,15-16H,6-7,10-12H2,1H3/t15-,16+/m0/s1. The summed E-state index contributed by atoms with van der Waals surface area (Å²) < 4.78 is 26.2. The van der Waals surface area contributed by atoms with Gasteiger partial charge in [0.15, 0.2) is 9.84 Å². The Bertz CT molecular complexity index is 1000. The predicted molar refractivity (Wildman–Crippen MR) is 100 cm³/mol. The molecule has 0 spiro atoms. The van der Waals surface area contributed by atoms with E-state index in [0.29, 0.717) is 0 Å². The Morgan fingerprint density at radius 2 is 1.86 bits per heavy atom. The minimum atomic E-state index is -3.34. The van der Waals surface area contributed by atoms with Crippen molar-refractivity contribution in [2.75, 3.05) is 24.6 Å². The van der Waals surface area contributed by atoms with Gasteiger partial charge >= 0.3 is 0 Å². The summed E-state index contributed by atoms with van der Waals surface area (Å²) in [5.74, 6) is -0.767. The van der Waals surface area contributed by atoms with Crippen molar-refractivity contribution in [3.8, 4) is 0 Å². The molecule has 9 nitrogen and oxygen atoms in total. The number of aromatic nitrogens is 3. The van der Waals surface area contributed by atoms with Crippen LogP contribution in [0.3, 0.4) is 0 Å². The molecule has 2 aromatic heterocycles. The summed E-state index contributed by atoms with van der Waals surface area (Å²) in [6, 6.07) is 3.94. The van der Waals surface area contributed by atoms with Crippen molar-refractivity contribution in [1.29, 1.82) is 0 Å². The van der Waals surface area contributed by atoms with E-state index in [-0.39, 0.29) is 48.6 Å². The van der Waals surface area contributed by atoms with Gasteiger partial charge in [0.2, 0.25) is 5.91 Å². The van der Waals surface area contributed by atoms with Crippen LogP contribution in [0.15, 0.2) is 36.8 Å². The first kappa shape index (κ1) is 18.6. The molecule has 0 bridgehead atoms. The summed E-state index contributed by atoms with van der Waals surface area (Å²) in [4.78, 5) is 32.9. The molecule has 2 amide bonds. The Kier molecular flexibility index (Phi) is 4.66. The van der Waals surface area contributed by atoms with E-state index in [9.17, 15) is 18.0 Å². The van der Waals surface area contributed by atoms with E-state index >= 15 is 0 Å². The molecule has 0 unspecified atom stereocenters. The molecule has 0 saturated carbocycles. The zero-order valence-corrected chi connectivity index (χ0v) is 16.2. The van der Waals surface area contributed by atoms with Gasteiger partial charge in [-0.3, -0.25) is 19.3 Å². The number of rotatable bonds is 3. The van der Waals surface area contributed by atoms with Gasteiger partial charge in [-0.25, -0.2) is 8.42 Å². The van der Waals surface area contributed by atoms with Crippen LogP contribution in [0, 0.1) is 6.92 Å². The lowest BCUT2D eigenvalue weighted by Crippen LogP contribution is -2.62. The van der Waals surface area contributed by atoms with Gasteiger partial charge in [-0.15, -0.1) is 0 Å². The van der Waals surface area contributed by atoms with Gasteiger partial charge in [0.1, 0.15) is 12.2 Å². The summed E-state index contributed by atoms with van der Waals surface area (Å²) >= 11 is 0. The second-order valence-electron chi connectivity index (χ2n) is 7.23. The Labute approximate surface area is 162 Å². The number of carbonyl (C=O) groups excluding carboxylic acids is 2. The van der Waals surface area contributed by atoms with E-state index in [0.717, 1.165) is 5.56 Å². The summed E-state index contributed by atoms with van der Waals surface area (Å²) in [5, 5.41) is 4.13. The van der Waals surface area contributed by atoms with Gasteiger partial charge in [-0.05, 0) is 24.6 Å². The average Bonchev–Trinajstić information content (AvgIpc) is 3.22. The molecule has 10 heteroatoms. The minimum absolute atomic E-state index is 0.0469. The van der Waals surface area contributed by atoms with Crippen LogP contribution in [-0.2, 0) is 21.2 Å². The number of hydrogen-bond donors (Lipinski definition) is 0. The lowest BCUT2D eigenvalue weighted by atomic mass is 10.0. The first-order chi connectivity index (χ1) is 13.3. The van der Waals surface area contributed by atoms with Crippen LogP contribution in [0.25, 0.3) is 0 Å². The largest absolute Gasteiger partial charge is 0.333 e. The normalized spacial score (nSPS) is 23.5. The first-order valence-electron chi connectivity index (χ1n) is 9.05. The second kappa shape index (κ2) is 7.01. The maximum Gasteiger partial charge on any atom is 0.272 e. The van der Waals surface area contributed by atoms with Gasteiger partial charge in [0.05, 0.1) is 29.8 Å². The van der Waals surface area contributed by atoms with E-state index in [2.05, 4.69) is 10.1 Å². The number of sulfone groups is 1. The fourth-order valence-electron chi connectivity index (χ4n) is 3.93. The molecule has 2 aliphatic rings. The van der Waals surface area contributed by atoms with Crippen LogP contribution in [0.4, 0.5) is 0 Å². The zero-order chi connectivity index (χ0) is 19.9. The summed E-state index contributed by atoms with van der Waals surface area (Å²) in [5.41, 5.74) is 1.22. The predicted octanol–water partition coefficient (Wildman–Crippen LogP) is -0.263. The van der Waals surface area contributed by atoms with Crippen LogP contribution in [-0.4, -0.2) is 81.5 Å². The van der Waals surface area contributed by atoms with Crippen LogP contribution in [0.2, 0.25) is 0 Å². The summed E-state index contributed by atoms with van der Waals surface area (Å²) in [7, 11) is -3.34. The molecule has 4 heterocycles. The highest BCUT2D eigenvalue weighted by molar-refractivity contribution is 7.91. The molecular formula is C18H21N5O4S. The van der Waals surface area contributed by atoms with Gasteiger partial charge < -0.3 is 9.80 Å². The maximum atomic E-state index is 12.9. The Morgan fingerprint density at radius 1 is 1.14 bits per heavy atom. The van der Waals surface area contributed by atoms with Crippen LogP contribution < -0.4 is 0 Å². The SMILES string of the molecule is Cc1cnn(CC(=O)N2CCN(C(=O)c3ccccn3)[C@@H]3CS(=O)(=O)C[C@@H]32)c1. The fourth-order valence-corrected chi connectivity index (χ4v) is 5.92. The van der Waals surface area contributed by atoms with E-state index in [1.165, 1.54) is 6.20 Å². The van der Waals surface area contributed by atoms with Gasteiger partial charge in [-0.1, -0.05) is 6.07 Å². The molecule has 28 heavy (non-hydrogen) atoms. The summed E-state index contributed by atoms with van der Waals surface area (Å²) in [6.07, 6.45) is 4.96. The molecule has 2 aliphatic heterocycles. The quantitative estimate of drug-likeness (QED) is 0.699. The number of pyridine rings is 1. The van der Waals surface area contributed by atoms with Crippen molar-refractivity contribution in [2.24, 2.45) is 0 Å². The first-order valence-corrected chi connectivity index (χ1v) is 10.9. The Hall–Kier alpha value is -2.75. The van der Waals surface area contributed by atoms with Gasteiger partial charge in [0, 0.05) is 25.5 Å². The number of fused-ring (bicyclic) bond motifs is 1. The molecule has 2 saturated heterocycles. The third-order valence-corrected chi connectivity index (χ3v) is 6.90. The molecule has 2 aromatic rings. The highest BCUT2D eigenvalue weighted by Crippen LogP contribution is 2.28. The lowest BCUT2D eigenvalue weighted by Gasteiger charge is -2.43. The highest BCUT2D eigenvalue weighted by Gasteiger charge is 2.49. The molecular weight excluding hydrogens is 382 g/mol. The van der Waals surface area contributed by atoms with Crippen molar-refractivity contribution in [1.82, 2.24) is 24.6 Å². The van der Waals surface area contributed by atoms with Crippen molar-refractivity contribution >= 4 is 21.7 Å². The van der Waals surface area contributed by atoms with Crippen molar-refractivity contribution < 1.29 is 18.0 Å². The molecule has 0 N–H and O–H groups in total. The monoisotopic (exact) mass is 403 g/mol. The molecule has 4 rings (SSSR count).